The van der Waals surface area contributed by atoms with E-state index in [-0.39, 0.29) is 0 Å². The molecule has 0 amide bonds. The Kier molecular flexibility index (Phi) is 4.68. The van der Waals surface area contributed by atoms with E-state index in [0.29, 0.717) is 11.0 Å². The second kappa shape index (κ2) is 7.28. The first kappa shape index (κ1) is 17.4. The van der Waals surface area contributed by atoms with Gasteiger partial charge in [-0.3, -0.25) is 5.10 Å². The van der Waals surface area contributed by atoms with E-state index in [2.05, 4.69) is 70.6 Å². The standard InChI is InChI=1S/C20H20N6S/c1-13-3-7-15(8-4-13)12-27-20-25-24-19(26(20)21)18-11-17(22-23-18)16-9-5-14(2)6-10-16/h3-11H,12,21H2,1-2H3,(H,22,23). The van der Waals surface area contributed by atoms with Crippen LogP contribution in [0.5, 0.6) is 0 Å². The lowest BCUT2D eigenvalue weighted by atomic mass is 10.1. The summed E-state index contributed by atoms with van der Waals surface area (Å²) in [5, 5.41) is 16.5. The Bertz CT molecular complexity index is 1050. The van der Waals surface area contributed by atoms with Crippen LogP contribution in [-0.2, 0) is 5.75 Å². The number of benzene rings is 2. The van der Waals surface area contributed by atoms with E-state index in [9.17, 15) is 0 Å². The summed E-state index contributed by atoms with van der Waals surface area (Å²) in [5.74, 6) is 7.56. The highest BCUT2D eigenvalue weighted by Crippen LogP contribution is 2.26. The molecule has 0 fully saturated rings. The molecule has 4 rings (SSSR count). The summed E-state index contributed by atoms with van der Waals surface area (Å²) < 4.78 is 1.51. The minimum absolute atomic E-state index is 0.562. The average molecular weight is 376 g/mol. The Morgan fingerprint density at radius 2 is 1.63 bits per heavy atom. The smallest absolute Gasteiger partial charge is 0.210 e. The van der Waals surface area contributed by atoms with Crippen molar-refractivity contribution in [3.63, 3.8) is 0 Å². The molecule has 2 heterocycles. The lowest BCUT2D eigenvalue weighted by molar-refractivity contribution is 0.847. The Morgan fingerprint density at radius 3 is 2.33 bits per heavy atom. The van der Waals surface area contributed by atoms with Crippen molar-refractivity contribution in [3.05, 3.63) is 71.3 Å². The van der Waals surface area contributed by atoms with E-state index in [1.165, 1.54) is 21.4 Å². The summed E-state index contributed by atoms with van der Waals surface area (Å²) in [4.78, 5) is 0. The largest absolute Gasteiger partial charge is 0.335 e. The van der Waals surface area contributed by atoms with Crippen LogP contribution in [0.25, 0.3) is 22.8 Å². The van der Waals surface area contributed by atoms with Gasteiger partial charge in [-0.05, 0) is 25.5 Å². The summed E-state index contributed by atoms with van der Waals surface area (Å²) >= 11 is 1.56. The number of nitrogens with one attached hydrogen (secondary N) is 1. The summed E-state index contributed by atoms with van der Waals surface area (Å²) in [7, 11) is 0. The van der Waals surface area contributed by atoms with Gasteiger partial charge in [-0.2, -0.15) is 5.10 Å². The zero-order chi connectivity index (χ0) is 18.8. The van der Waals surface area contributed by atoms with Gasteiger partial charge < -0.3 is 5.84 Å². The molecule has 2 aromatic heterocycles. The predicted octanol–water partition coefficient (Wildman–Crippen LogP) is 3.96. The fourth-order valence-corrected chi connectivity index (χ4v) is 3.51. The van der Waals surface area contributed by atoms with Gasteiger partial charge in [0, 0.05) is 11.3 Å². The highest BCUT2D eigenvalue weighted by molar-refractivity contribution is 7.98. The van der Waals surface area contributed by atoms with Crippen molar-refractivity contribution in [1.82, 2.24) is 25.1 Å². The quantitative estimate of drug-likeness (QED) is 0.407. The van der Waals surface area contributed by atoms with Gasteiger partial charge in [0.1, 0.15) is 5.69 Å². The van der Waals surface area contributed by atoms with Gasteiger partial charge in [0.15, 0.2) is 0 Å². The Hall–Kier alpha value is -3.06. The number of aromatic amines is 1. The lowest BCUT2D eigenvalue weighted by Gasteiger charge is -2.03. The average Bonchev–Trinajstić information content (AvgIpc) is 3.29. The molecule has 0 spiro atoms. The van der Waals surface area contributed by atoms with Crippen molar-refractivity contribution in [2.45, 2.75) is 24.8 Å². The van der Waals surface area contributed by atoms with Crippen LogP contribution >= 0.6 is 11.8 Å². The maximum Gasteiger partial charge on any atom is 0.210 e. The molecule has 3 N–H and O–H groups in total. The maximum absolute atomic E-state index is 6.21. The first-order chi connectivity index (χ1) is 13.1. The minimum Gasteiger partial charge on any atom is -0.335 e. The van der Waals surface area contributed by atoms with Gasteiger partial charge in [-0.1, -0.05) is 71.4 Å². The van der Waals surface area contributed by atoms with E-state index in [1.54, 1.807) is 11.8 Å². The summed E-state index contributed by atoms with van der Waals surface area (Å²) in [6, 6.07) is 18.6. The second-order valence-electron chi connectivity index (χ2n) is 6.48. The minimum atomic E-state index is 0.562. The Morgan fingerprint density at radius 1 is 0.963 bits per heavy atom. The fraction of sp³-hybridized carbons (Fsp3) is 0.150. The van der Waals surface area contributed by atoms with Crippen molar-refractivity contribution in [2.75, 3.05) is 5.84 Å². The van der Waals surface area contributed by atoms with Crippen LogP contribution in [0.1, 0.15) is 16.7 Å². The SMILES string of the molecule is Cc1ccc(CSc2nnc(-c3cc(-c4ccc(C)cc4)n[nH]3)n2N)cc1. The summed E-state index contributed by atoms with van der Waals surface area (Å²) in [6.45, 7) is 4.14. The third-order valence-corrected chi connectivity index (χ3v) is 5.33. The monoisotopic (exact) mass is 376 g/mol. The predicted molar refractivity (Wildman–Crippen MR) is 109 cm³/mol. The molecule has 7 heteroatoms. The van der Waals surface area contributed by atoms with Crippen LogP contribution < -0.4 is 5.84 Å². The highest BCUT2D eigenvalue weighted by Gasteiger charge is 2.15. The number of aryl methyl sites for hydroxylation is 2. The number of aromatic nitrogens is 5. The van der Waals surface area contributed by atoms with E-state index >= 15 is 0 Å². The van der Waals surface area contributed by atoms with Crippen LogP contribution in [0.3, 0.4) is 0 Å². The van der Waals surface area contributed by atoms with Crippen molar-refractivity contribution < 1.29 is 0 Å². The summed E-state index contributed by atoms with van der Waals surface area (Å²) in [6.07, 6.45) is 0. The van der Waals surface area contributed by atoms with Crippen LogP contribution in [-0.4, -0.2) is 25.1 Å². The first-order valence-electron chi connectivity index (χ1n) is 8.62. The number of hydrogen-bond donors (Lipinski definition) is 2. The normalized spacial score (nSPS) is 11.0. The van der Waals surface area contributed by atoms with Gasteiger partial charge in [-0.15, -0.1) is 10.2 Å². The molecule has 136 valence electrons. The molecular weight excluding hydrogens is 356 g/mol. The number of nitrogen functional groups attached to an aromatic ring is 1. The van der Waals surface area contributed by atoms with Crippen LogP contribution in [0.15, 0.2) is 59.8 Å². The number of hydrogen-bond acceptors (Lipinski definition) is 5. The molecule has 2 aromatic carbocycles. The molecule has 0 saturated heterocycles. The third-order valence-electron chi connectivity index (χ3n) is 4.32. The van der Waals surface area contributed by atoms with E-state index < -0.39 is 0 Å². The molecular formula is C20H20N6S. The Balaban J connectivity index is 1.52. The molecule has 0 aliphatic carbocycles. The van der Waals surface area contributed by atoms with E-state index in [4.69, 9.17) is 5.84 Å². The number of nitrogens with two attached hydrogens (primary N) is 1. The Labute approximate surface area is 161 Å². The molecule has 27 heavy (non-hydrogen) atoms. The molecule has 0 atom stereocenters. The van der Waals surface area contributed by atoms with Gasteiger partial charge in [-0.25, -0.2) is 4.68 Å². The number of H-pyrrole nitrogens is 1. The van der Waals surface area contributed by atoms with Gasteiger partial charge >= 0.3 is 0 Å². The van der Waals surface area contributed by atoms with E-state index in [1.807, 2.05) is 18.2 Å². The van der Waals surface area contributed by atoms with Crippen molar-refractivity contribution in [2.24, 2.45) is 0 Å². The van der Waals surface area contributed by atoms with Crippen molar-refractivity contribution in [1.29, 1.82) is 0 Å². The van der Waals surface area contributed by atoms with Crippen LogP contribution in [0.2, 0.25) is 0 Å². The molecule has 0 aliphatic heterocycles. The molecule has 4 aromatic rings. The highest BCUT2D eigenvalue weighted by atomic mass is 32.2. The number of thioether (sulfide) groups is 1. The van der Waals surface area contributed by atoms with Gasteiger partial charge in [0.05, 0.1) is 5.69 Å². The topological polar surface area (TPSA) is 85.4 Å². The second-order valence-corrected chi connectivity index (χ2v) is 7.43. The number of nitrogens with zero attached hydrogens (tertiary/aromatic N) is 4. The molecule has 0 aliphatic rings. The maximum atomic E-state index is 6.21. The zero-order valence-corrected chi connectivity index (χ0v) is 16.0. The van der Waals surface area contributed by atoms with Crippen LogP contribution in [0.4, 0.5) is 0 Å². The molecule has 0 saturated carbocycles. The lowest BCUT2D eigenvalue weighted by Crippen LogP contribution is -2.11. The zero-order valence-electron chi connectivity index (χ0n) is 15.2. The third kappa shape index (κ3) is 3.73. The first-order valence-corrected chi connectivity index (χ1v) is 9.60. The summed E-state index contributed by atoms with van der Waals surface area (Å²) in [5.41, 5.74) is 6.31. The van der Waals surface area contributed by atoms with Gasteiger partial charge in [0.25, 0.3) is 0 Å². The number of rotatable bonds is 5. The molecule has 0 radical (unpaired) electrons. The van der Waals surface area contributed by atoms with Crippen molar-refractivity contribution in [3.8, 4) is 22.8 Å². The van der Waals surface area contributed by atoms with E-state index in [0.717, 1.165) is 22.7 Å². The van der Waals surface area contributed by atoms with Crippen molar-refractivity contribution >= 4 is 11.8 Å². The van der Waals surface area contributed by atoms with Gasteiger partial charge in [0.2, 0.25) is 11.0 Å². The molecule has 6 nitrogen and oxygen atoms in total. The molecule has 0 unspecified atom stereocenters. The fourth-order valence-electron chi connectivity index (χ4n) is 2.70. The molecule has 0 bridgehead atoms. The van der Waals surface area contributed by atoms with Crippen LogP contribution in [0, 0.1) is 13.8 Å².